The molecule has 3 rings (SSSR count). The van der Waals surface area contributed by atoms with Crippen molar-refractivity contribution in [2.75, 3.05) is 0 Å². The number of halogens is 1. The van der Waals surface area contributed by atoms with Gasteiger partial charge < -0.3 is 4.74 Å². The van der Waals surface area contributed by atoms with Crippen LogP contribution in [-0.2, 0) is 16.0 Å². The van der Waals surface area contributed by atoms with Crippen LogP contribution in [0.25, 0.3) is 0 Å². The second-order valence-corrected chi connectivity index (χ2v) is 8.48. The number of rotatable bonds is 5. The predicted molar refractivity (Wildman–Crippen MR) is 110 cm³/mol. The normalized spacial score (nSPS) is 16.7. The van der Waals surface area contributed by atoms with Gasteiger partial charge in [0.25, 0.3) is 5.69 Å². The molecule has 6 nitrogen and oxygen atoms in total. The highest BCUT2D eigenvalue weighted by molar-refractivity contribution is 6.32. The summed E-state index contributed by atoms with van der Waals surface area (Å²) in [4.78, 5) is 35.9. The number of ketones is 2. The van der Waals surface area contributed by atoms with E-state index in [1.54, 1.807) is 12.1 Å². The van der Waals surface area contributed by atoms with Crippen LogP contribution >= 0.6 is 11.6 Å². The molecule has 1 saturated carbocycles. The van der Waals surface area contributed by atoms with Crippen molar-refractivity contribution in [3.05, 3.63) is 62.7 Å². The quantitative estimate of drug-likeness (QED) is 0.358. The first-order valence-corrected chi connectivity index (χ1v) is 9.79. The molecule has 152 valence electrons. The lowest BCUT2D eigenvalue weighted by atomic mass is 9.69. The molecule has 0 saturated heterocycles. The first-order chi connectivity index (χ1) is 13.6. The van der Waals surface area contributed by atoms with Crippen LogP contribution < -0.4 is 4.74 Å². The number of Topliss-reactive ketones (excluding diaryl/α,β-unsaturated/α-hetero) is 2. The van der Waals surface area contributed by atoms with Crippen LogP contribution in [-0.4, -0.2) is 16.5 Å². The molecule has 1 aliphatic rings. The van der Waals surface area contributed by atoms with Gasteiger partial charge in [0, 0.05) is 25.0 Å². The third-order valence-corrected chi connectivity index (χ3v) is 5.41. The molecule has 0 atom stereocenters. The zero-order valence-corrected chi connectivity index (χ0v) is 17.3. The van der Waals surface area contributed by atoms with E-state index in [2.05, 4.69) is 0 Å². The van der Waals surface area contributed by atoms with Crippen molar-refractivity contribution < 1.29 is 19.2 Å². The van der Waals surface area contributed by atoms with Gasteiger partial charge in [-0.1, -0.05) is 38.4 Å². The van der Waals surface area contributed by atoms with Crippen LogP contribution in [0.5, 0.6) is 11.5 Å². The van der Waals surface area contributed by atoms with Crippen molar-refractivity contribution >= 4 is 28.9 Å². The first kappa shape index (κ1) is 21.0. The molecule has 0 spiro atoms. The SMILES string of the molecule is CCc1ccc(Oc2ccc([N+](=O)[O-])c(Cl)c2)cc1C1C(=O)CC(C)(C)CC1=O. The van der Waals surface area contributed by atoms with Gasteiger partial charge in [0.1, 0.15) is 34.0 Å². The highest BCUT2D eigenvalue weighted by Crippen LogP contribution is 2.40. The molecule has 0 unspecified atom stereocenters. The molecule has 29 heavy (non-hydrogen) atoms. The highest BCUT2D eigenvalue weighted by atomic mass is 35.5. The number of hydrogen-bond acceptors (Lipinski definition) is 5. The van der Waals surface area contributed by atoms with E-state index in [9.17, 15) is 19.7 Å². The van der Waals surface area contributed by atoms with E-state index in [1.165, 1.54) is 18.2 Å². The van der Waals surface area contributed by atoms with Crippen LogP contribution in [0.2, 0.25) is 5.02 Å². The number of carbonyl (C=O) groups is 2. The van der Waals surface area contributed by atoms with Gasteiger partial charge >= 0.3 is 0 Å². The number of nitro benzene ring substituents is 1. The third kappa shape index (κ3) is 4.48. The van der Waals surface area contributed by atoms with Gasteiger partial charge in [-0.25, -0.2) is 0 Å². The molecule has 2 aromatic carbocycles. The van der Waals surface area contributed by atoms with Gasteiger partial charge in [-0.2, -0.15) is 0 Å². The van der Waals surface area contributed by atoms with Crippen molar-refractivity contribution in [3.63, 3.8) is 0 Å². The lowest BCUT2D eigenvalue weighted by Crippen LogP contribution is -2.36. The summed E-state index contributed by atoms with van der Waals surface area (Å²) in [5.74, 6) is -0.152. The van der Waals surface area contributed by atoms with Gasteiger partial charge in [-0.05, 0) is 41.2 Å². The smallest absolute Gasteiger partial charge is 0.288 e. The Labute approximate surface area is 174 Å². The summed E-state index contributed by atoms with van der Waals surface area (Å²) in [7, 11) is 0. The summed E-state index contributed by atoms with van der Waals surface area (Å²) >= 11 is 5.95. The fourth-order valence-corrected chi connectivity index (χ4v) is 4.04. The maximum absolute atomic E-state index is 12.8. The van der Waals surface area contributed by atoms with Gasteiger partial charge in [-0.3, -0.25) is 19.7 Å². The Morgan fingerprint density at radius 1 is 1.10 bits per heavy atom. The van der Waals surface area contributed by atoms with Crippen molar-refractivity contribution in [1.82, 2.24) is 0 Å². The topological polar surface area (TPSA) is 86.5 Å². The number of carbonyl (C=O) groups excluding carboxylic acids is 2. The molecule has 1 aliphatic carbocycles. The van der Waals surface area contributed by atoms with E-state index in [4.69, 9.17) is 16.3 Å². The Kier molecular flexibility index (Phi) is 5.75. The minimum atomic E-state index is -0.776. The fraction of sp³-hybridized carbons (Fsp3) is 0.364. The maximum atomic E-state index is 12.8. The van der Waals surface area contributed by atoms with Gasteiger partial charge in [0.15, 0.2) is 0 Å². The zero-order valence-electron chi connectivity index (χ0n) is 16.5. The second kappa shape index (κ2) is 7.95. The van der Waals surface area contributed by atoms with E-state index in [0.717, 1.165) is 5.56 Å². The van der Waals surface area contributed by atoms with Crippen molar-refractivity contribution in [2.24, 2.45) is 5.41 Å². The van der Waals surface area contributed by atoms with Crippen LogP contribution in [0.1, 0.15) is 50.7 Å². The van der Waals surface area contributed by atoms with E-state index in [0.29, 0.717) is 36.3 Å². The number of hydrogen-bond donors (Lipinski definition) is 0. The molecule has 2 aromatic rings. The highest BCUT2D eigenvalue weighted by Gasteiger charge is 2.41. The van der Waals surface area contributed by atoms with Crippen LogP contribution in [0.4, 0.5) is 5.69 Å². The average Bonchev–Trinajstić information content (AvgIpc) is 2.60. The number of benzene rings is 2. The Morgan fingerprint density at radius 3 is 2.24 bits per heavy atom. The van der Waals surface area contributed by atoms with Crippen molar-refractivity contribution in [2.45, 2.75) is 46.0 Å². The van der Waals surface area contributed by atoms with Crippen molar-refractivity contribution in [1.29, 1.82) is 0 Å². The molecular weight excluding hydrogens is 394 g/mol. The van der Waals surface area contributed by atoms with E-state index in [-0.39, 0.29) is 27.7 Å². The Morgan fingerprint density at radius 2 is 1.69 bits per heavy atom. The van der Waals surface area contributed by atoms with E-state index >= 15 is 0 Å². The summed E-state index contributed by atoms with van der Waals surface area (Å²) in [6.07, 6.45) is 1.39. The van der Waals surface area contributed by atoms with Gasteiger partial charge in [0.2, 0.25) is 0 Å². The van der Waals surface area contributed by atoms with Gasteiger partial charge in [0.05, 0.1) is 4.92 Å². The molecule has 0 aliphatic heterocycles. The summed E-state index contributed by atoms with van der Waals surface area (Å²) in [6.45, 7) is 5.83. The lowest BCUT2D eigenvalue weighted by molar-refractivity contribution is -0.384. The molecule has 1 fully saturated rings. The molecule has 0 bridgehead atoms. The number of nitro groups is 1. The minimum Gasteiger partial charge on any atom is -0.457 e. The van der Waals surface area contributed by atoms with Crippen LogP contribution in [0.3, 0.4) is 0 Å². The standard InChI is InChI=1S/C22H22ClNO5/c1-4-13-5-6-14(29-15-7-8-18(24(27)28)17(23)10-15)9-16(13)21-19(25)11-22(2,3)12-20(21)26/h5-10,21H,4,11-12H2,1-3H3. The summed E-state index contributed by atoms with van der Waals surface area (Å²) in [5.41, 5.74) is 1.07. The predicted octanol–water partition coefficient (Wildman–Crippen LogP) is 5.64. The molecule has 0 radical (unpaired) electrons. The molecule has 7 heteroatoms. The minimum absolute atomic E-state index is 0.0298. The molecule has 0 heterocycles. The molecule has 0 N–H and O–H groups in total. The first-order valence-electron chi connectivity index (χ1n) is 9.41. The lowest BCUT2D eigenvalue weighted by Gasteiger charge is -2.33. The summed E-state index contributed by atoms with van der Waals surface area (Å²) in [6, 6.07) is 9.41. The summed E-state index contributed by atoms with van der Waals surface area (Å²) < 4.78 is 5.81. The monoisotopic (exact) mass is 415 g/mol. The van der Waals surface area contributed by atoms with Crippen molar-refractivity contribution in [3.8, 4) is 11.5 Å². The fourth-order valence-electron chi connectivity index (χ4n) is 3.80. The van der Waals surface area contributed by atoms with E-state index in [1.807, 2.05) is 26.8 Å². The molecule has 0 aromatic heterocycles. The number of aryl methyl sites for hydroxylation is 1. The summed E-state index contributed by atoms with van der Waals surface area (Å²) in [5, 5.41) is 10.9. The van der Waals surface area contributed by atoms with E-state index < -0.39 is 10.8 Å². The Balaban J connectivity index is 1.94. The molecule has 0 amide bonds. The molecular formula is C22H22ClNO5. The Hall–Kier alpha value is -2.73. The van der Waals surface area contributed by atoms with Crippen LogP contribution in [0.15, 0.2) is 36.4 Å². The average molecular weight is 416 g/mol. The second-order valence-electron chi connectivity index (χ2n) is 8.07. The largest absolute Gasteiger partial charge is 0.457 e. The Bertz CT molecular complexity index is 979. The third-order valence-electron chi connectivity index (χ3n) is 5.11. The number of nitrogens with zero attached hydrogens (tertiary/aromatic N) is 1. The van der Waals surface area contributed by atoms with Gasteiger partial charge in [-0.15, -0.1) is 0 Å². The maximum Gasteiger partial charge on any atom is 0.288 e. The zero-order chi connectivity index (χ0) is 21.3. The number of ether oxygens (including phenoxy) is 1. The van der Waals surface area contributed by atoms with Crippen LogP contribution in [0, 0.1) is 15.5 Å².